The van der Waals surface area contributed by atoms with E-state index in [1.165, 1.54) is 11.1 Å². The van der Waals surface area contributed by atoms with Crippen molar-refractivity contribution in [3.63, 3.8) is 0 Å². The molecular formula is C38H30Cl2N2. The fraction of sp³-hybridized carbons (Fsp3) is 0.0526. The van der Waals surface area contributed by atoms with Gasteiger partial charge in [-0.15, -0.1) is 0 Å². The zero-order chi connectivity index (χ0) is 29.1. The molecule has 2 nitrogen and oxygen atoms in total. The summed E-state index contributed by atoms with van der Waals surface area (Å²) in [7, 11) is 0. The zero-order valence-electron chi connectivity index (χ0n) is 23.5. The van der Waals surface area contributed by atoms with E-state index in [9.17, 15) is 0 Å². The van der Waals surface area contributed by atoms with Crippen LogP contribution >= 0.6 is 23.2 Å². The SMILES string of the molecule is Cc1cccc(N(c2ccccc2)c2ccc(-c3ccc(N(c4ccccc4)c4cccc(C)c4)c(Cl)c3)cc2Cl)c1. The molecule has 0 aliphatic rings. The van der Waals surface area contributed by atoms with Crippen LogP contribution in [0.5, 0.6) is 0 Å². The van der Waals surface area contributed by atoms with Gasteiger partial charge in [0.1, 0.15) is 0 Å². The van der Waals surface area contributed by atoms with Crippen molar-refractivity contribution in [2.24, 2.45) is 0 Å². The van der Waals surface area contributed by atoms with Gasteiger partial charge in [-0.05, 0) is 109 Å². The molecule has 0 amide bonds. The molecule has 4 heteroatoms. The molecular weight excluding hydrogens is 555 g/mol. The largest absolute Gasteiger partial charge is 0.309 e. The third-order valence-corrected chi connectivity index (χ3v) is 7.86. The van der Waals surface area contributed by atoms with Gasteiger partial charge in [-0.25, -0.2) is 0 Å². The van der Waals surface area contributed by atoms with Crippen molar-refractivity contribution in [1.82, 2.24) is 0 Å². The lowest BCUT2D eigenvalue weighted by atomic mass is 10.0. The first-order valence-electron chi connectivity index (χ1n) is 13.9. The molecule has 0 saturated carbocycles. The minimum absolute atomic E-state index is 0.656. The van der Waals surface area contributed by atoms with Crippen molar-refractivity contribution < 1.29 is 0 Å². The van der Waals surface area contributed by atoms with E-state index >= 15 is 0 Å². The Hall–Kier alpha value is -4.50. The van der Waals surface area contributed by atoms with Crippen molar-refractivity contribution in [3.8, 4) is 11.1 Å². The molecule has 6 aromatic rings. The molecule has 0 radical (unpaired) electrons. The molecule has 0 unspecified atom stereocenters. The van der Waals surface area contributed by atoms with Crippen molar-refractivity contribution in [3.05, 3.63) is 167 Å². The van der Waals surface area contributed by atoms with Crippen LogP contribution in [0.2, 0.25) is 10.0 Å². The number of benzene rings is 6. The van der Waals surface area contributed by atoms with Gasteiger partial charge in [-0.1, -0.05) is 96.0 Å². The van der Waals surface area contributed by atoms with Crippen LogP contribution in [-0.4, -0.2) is 0 Å². The van der Waals surface area contributed by atoms with E-state index < -0.39 is 0 Å². The highest BCUT2D eigenvalue weighted by Crippen LogP contribution is 2.43. The Kier molecular flexibility index (Phi) is 8.01. The molecule has 0 bridgehead atoms. The number of anilines is 6. The zero-order valence-corrected chi connectivity index (χ0v) is 25.0. The highest BCUT2D eigenvalue weighted by Gasteiger charge is 2.18. The Balaban J connectivity index is 1.39. The number of nitrogens with zero attached hydrogens (tertiary/aromatic N) is 2. The summed E-state index contributed by atoms with van der Waals surface area (Å²) in [5, 5.41) is 1.31. The van der Waals surface area contributed by atoms with Crippen LogP contribution < -0.4 is 9.80 Å². The van der Waals surface area contributed by atoms with Gasteiger partial charge in [-0.3, -0.25) is 0 Å². The predicted octanol–water partition coefficient (Wildman–Crippen LogP) is 12.2. The number of hydrogen-bond acceptors (Lipinski definition) is 2. The first-order chi connectivity index (χ1) is 20.5. The molecule has 0 aromatic heterocycles. The summed E-state index contributed by atoms with van der Waals surface area (Å²) in [6, 6.07) is 49.9. The lowest BCUT2D eigenvalue weighted by Crippen LogP contribution is -2.11. The molecule has 0 spiro atoms. The van der Waals surface area contributed by atoms with E-state index in [2.05, 4.69) is 121 Å². The molecule has 0 heterocycles. The van der Waals surface area contributed by atoms with Crippen LogP contribution in [0.3, 0.4) is 0 Å². The van der Waals surface area contributed by atoms with E-state index in [0.29, 0.717) is 10.0 Å². The number of aryl methyl sites for hydroxylation is 2. The second-order valence-electron chi connectivity index (χ2n) is 10.4. The van der Waals surface area contributed by atoms with Crippen LogP contribution in [0.4, 0.5) is 34.1 Å². The smallest absolute Gasteiger partial charge is 0.0652 e. The van der Waals surface area contributed by atoms with Crippen molar-refractivity contribution in [1.29, 1.82) is 0 Å². The molecule has 6 rings (SSSR count). The highest BCUT2D eigenvalue weighted by atomic mass is 35.5. The molecule has 0 saturated heterocycles. The van der Waals surface area contributed by atoms with E-state index in [-0.39, 0.29) is 0 Å². The van der Waals surface area contributed by atoms with Gasteiger partial charge in [0.05, 0.1) is 21.4 Å². The first-order valence-corrected chi connectivity index (χ1v) is 14.7. The first kappa shape index (κ1) is 27.7. The van der Waals surface area contributed by atoms with Crippen molar-refractivity contribution >= 4 is 57.3 Å². The fourth-order valence-electron chi connectivity index (χ4n) is 5.28. The second kappa shape index (κ2) is 12.2. The predicted molar refractivity (Wildman–Crippen MR) is 181 cm³/mol. The van der Waals surface area contributed by atoms with Gasteiger partial charge >= 0.3 is 0 Å². The number of rotatable bonds is 7. The van der Waals surface area contributed by atoms with Gasteiger partial charge in [0, 0.05) is 22.7 Å². The monoisotopic (exact) mass is 584 g/mol. The van der Waals surface area contributed by atoms with Crippen LogP contribution in [0.1, 0.15) is 11.1 Å². The van der Waals surface area contributed by atoms with Crippen LogP contribution in [0, 0.1) is 13.8 Å². The topological polar surface area (TPSA) is 6.48 Å². The fourth-order valence-corrected chi connectivity index (χ4v) is 5.81. The second-order valence-corrected chi connectivity index (χ2v) is 11.2. The Labute approximate surface area is 258 Å². The summed E-state index contributed by atoms with van der Waals surface area (Å²) < 4.78 is 0. The van der Waals surface area contributed by atoms with E-state index in [1.807, 2.05) is 48.5 Å². The maximum Gasteiger partial charge on any atom is 0.0652 e. The molecule has 42 heavy (non-hydrogen) atoms. The van der Waals surface area contributed by atoms with E-state index in [4.69, 9.17) is 23.2 Å². The summed E-state index contributed by atoms with van der Waals surface area (Å²) in [5.74, 6) is 0. The molecule has 0 aliphatic heterocycles. The highest BCUT2D eigenvalue weighted by molar-refractivity contribution is 6.34. The van der Waals surface area contributed by atoms with Gasteiger partial charge in [0.2, 0.25) is 0 Å². The minimum Gasteiger partial charge on any atom is -0.309 e. The maximum atomic E-state index is 7.03. The van der Waals surface area contributed by atoms with E-state index in [0.717, 1.165) is 45.3 Å². The van der Waals surface area contributed by atoms with Crippen LogP contribution in [0.25, 0.3) is 11.1 Å². The quantitative estimate of drug-likeness (QED) is 0.184. The van der Waals surface area contributed by atoms with Gasteiger partial charge < -0.3 is 9.80 Å². The van der Waals surface area contributed by atoms with Gasteiger partial charge in [0.15, 0.2) is 0 Å². The standard InChI is InChI=1S/C38H30Cl2N2/c1-27-11-9-17-33(23-27)41(31-13-5-3-6-14-31)37-21-19-29(25-35(37)39)30-20-22-38(36(40)26-30)42(32-15-7-4-8-16-32)34-18-10-12-28(2)24-34/h3-26H,1-2H3. The lowest BCUT2D eigenvalue weighted by molar-refractivity contribution is 1.27. The average Bonchev–Trinajstić information content (AvgIpc) is 3.00. The maximum absolute atomic E-state index is 7.03. The molecule has 0 N–H and O–H groups in total. The molecule has 0 fully saturated rings. The van der Waals surface area contributed by atoms with Crippen molar-refractivity contribution in [2.45, 2.75) is 13.8 Å². The minimum atomic E-state index is 0.656. The van der Waals surface area contributed by atoms with Crippen molar-refractivity contribution in [2.75, 3.05) is 9.80 Å². The Morgan fingerprint density at radius 3 is 1.12 bits per heavy atom. The summed E-state index contributed by atoms with van der Waals surface area (Å²) in [5.41, 5.74) is 10.4. The molecule has 206 valence electrons. The third kappa shape index (κ3) is 5.78. The average molecular weight is 586 g/mol. The molecule has 0 aliphatic carbocycles. The summed E-state index contributed by atoms with van der Waals surface area (Å²) in [6.45, 7) is 4.20. The number of para-hydroxylation sites is 2. The molecule has 0 atom stereocenters. The van der Waals surface area contributed by atoms with Gasteiger partial charge in [-0.2, -0.15) is 0 Å². The Morgan fingerprint density at radius 2 is 0.762 bits per heavy atom. The summed E-state index contributed by atoms with van der Waals surface area (Å²) in [4.78, 5) is 4.38. The van der Waals surface area contributed by atoms with Crippen LogP contribution in [-0.2, 0) is 0 Å². The summed E-state index contributed by atoms with van der Waals surface area (Å²) in [6.07, 6.45) is 0. The third-order valence-electron chi connectivity index (χ3n) is 7.26. The Bertz CT molecular complexity index is 1700. The summed E-state index contributed by atoms with van der Waals surface area (Å²) >= 11 is 14.1. The van der Waals surface area contributed by atoms with E-state index in [1.54, 1.807) is 0 Å². The van der Waals surface area contributed by atoms with Gasteiger partial charge in [0.25, 0.3) is 0 Å². The Morgan fingerprint density at radius 1 is 0.381 bits per heavy atom. The normalized spacial score (nSPS) is 10.9. The number of halogens is 2. The molecule has 6 aromatic carbocycles. The van der Waals surface area contributed by atoms with Crippen LogP contribution in [0.15, 0.2) is 146 Å². The lowest BCUT2D eigenvalue weighted by Gasteiger charge is -2.27. The number of hydrogen-bond donors (Lipinski definition) is 0.